The number of amides is 1. The van der Waals surface area contributed by atoms with Crippen molar-refractivity contribution in [2.75, 3.05) is 26.7 Å². The number of likely N-dealkylation sites (tertiary alicyclic amines) is 1. The molecule has 1 aromatic heterocycles. The Kier molecular flexibility index (Phi) is 5.67. The number of rotatable bonds is 5. The van der Waals surface area contributed by atoms with Crippen molar-refractivity contribution in [2.24, 2.45) is 5.92 Å². The van der Waals surface area contributed by atoms with Gasteiger partial charge in [-0.25, -0.2) is 0 Å². The van der Waals surface area contributed by atoms with E-state index in [9.17, 15) is 4.79 Å². The highest BCUT2D eigenvalue weighted by atomic mass is 35.5. The van der Waals surface area contributed by atoms with Crippen LogP contribution in [0.1, 0.15) is 24.1 Å². The number of piperidine rings is 1. The topological polar surface area (TPSA) is 32.3 Å². The molecule has 5 heteroatoms. The summed E-state index contributed by atoms with van der Waals surface area (Å²) < 4.78 is 0.800. The summed E-state index contributed by atoms with van der Waals surface area (Å²) in [5.74, 6) is 0.893. The van der Waals surface area contributed by atoms with Gasteiger partial charge in [-0.1, -0.05) is 11.6 Å². The third-order valence-electron chi connectivity index (χ3n) is 3.58. The smallest absolute Gasteiger partial charge is 0.222 e. The van der Waals surface area contributed by atoms with Gasteiger partial charge in [-0.15, -0.1) is 11.3 Å². The van der Waals surface area contributed by atoms with E-state index in [4.69, 9.17) is 11.6 Å². The molecule has 1 unspecified atom stereocenters. The number of halogens is 1. The zero-order chi connectivity index (χ0) is 13.7. The summed E-state index contributed by atoms with van der Waals surface area (Å²) in [4.78, 5) is 15.4. The number of carbonyl (C=O) groups excluding carboxylic acids is 1. The molecule has 1 aromatic rings. The monoisotopic (exact) mass is 300 g/mol. The third kappa shape index (κ3) is 4.48. The number of hydrogen-bond donors (Lipinski definition) is 1. The van der Waals surface area contributed by atoms with Crippen LogP contribution in [-0.4, -0.2) is 37.5 Å². The van der Waals surface area contributed by atoms with E-state index in [0.29, 0.717) is 12.3 Å². The molecule has 2 rings (SSSR count). The molecular weight excluding hydrogens is 280 g/mol. The van der Waals surface area contributed by atoms with Crippen molar-refractivity contribution in [3.63, 3.8) is 0 Å². The van der Waals surface area contributed by atoms with Crippen molar-refractivity contribution in [3.05, 3.63) is 21.3 Å². The average Bonchev–Trinajstić information content (AvgIpc) is 2.82. The van der Waals surface area contributed by atoms with E-state index < -0.39 is 0 Å². The van der Waals surface area contributed by atoms with Gasteiger partial charge in [0.1, 0.15) is 0 Å². The normalized spacial score (nSPS) is 19.7. The molecular formula is C14H21ClN2OS. The molecule has 1 N–H and O–H groups in total. The lowest BCUT2D eigenvalue weighted by Gasteiger charge is -2.32. The van der Waals surface area contributed by atoms with Crippen LogP contribution in [0.3, 0.4) is 0 Å². The summed E-state index contributed by atoms with van der Waals surface area (Å²) in [6.45, 7) is 2.83. The molecule has 2 heterocycles. The molecule has 1 fully saturated rings. The first kappa shape index (κ1) is 14.8. The highest BCUT2D eigenvalue weighted by Gasteiger charge is 2.22. The van der Waals surface area contributed by atoms with Crippen molar-refractivity contribution in [1.29, 1.82) is 0 Å². The van der Waals surface area contributed by atoms with E-state index in [1.165, 1.54) is 11.3 Å². The predicted molar refractivity (Wildman–Crippen MR) is 80.9 cm³/mol. The molecule has 0 radical (unpaired) electrons. The number of carbonyl (C=O) groups is 1. The van der Waals surface area contributed by atoms with Crippen LogP contribution in [-0.2, 0) is 11.2 Å². The molecule has 0 aliphatic carbocycles. The molecule has 1 aliphatic heterocycles. The molecule has 0 aromatic carbocycles. The molecule has 106 valence electrons. The Hall–Kier alpha value is -0.580. The van der Waals surface area contributed by atoms with Crippen LogP contribution in [0.15, 0.2) is 12.1 Å². The second-order valence-corrected chi connectivity index (χ2v) is 6.91. The molecule has 19 heavy (non-hydrogen) atoms. The zero-order valence-electron chi connectivity index (χ0n) is 11.3. The molecule has 0 bridgehead atoms. The van der Waals surface area contributed by atoms with E-state index >= 15 is 0 Å². The van der Waals surface area contributed by atoms with Crippen molar-refractivity contribution >= 4 is 28.8 Å². The van der Waals surface area contributed by atoms with E-state index in [1.807, 2.05) is 24.1 Å². The van der Waals surface area contributed by atoms with Gasteiger partial charge < -0.3 is 10.2 Å². The number of nitrogens with zero attached hydrogens (tertiary/aromatic N) is 1. The van der Waals surface area contributed by atoms with Gasteiger partial charge in [0, 0.05) is 24.4 Å². The summed E-state index contributed by atoms with van der Waals surface area (Å²) in [6.07, 6.45) is 3.76. The lowest BCUT2D eigenvalue weighted by molar-refractivity contribution is -0.132. The van der Waals surface area contributed by atoms with E-state index in [0.717, 1.165) is 36.8 Å². The second kappa shape index (κ2) is 7.27. The van der Waals surface area contributed by atoms with Gasteiger partial charge >= 0.3 is 0 Å². The van der Waals surface area contributed by atoms with E-state index in [2.05, 4.69) is 5.32 Å². The molecule has 1 aliphatic rings. The first-order valence-corrected chi connectivity index (χ1v) is 8.05. The van der Waals surface area contributed by atoms with Gasteiger partial charge in [0.2, 0.25) is 5.91 Å². The zero-order valence-corrected chi connectivity index (χ0v) is 12.9. The fourth-order valence-electron chi connectivity index (χ4n) is 2.62. The summed E-state index contributed by atoms with van der Waals surface area (Å²) >= 11 is 7.46. The van der Waals surface area contributed by atoms with Gasteiger partial charge in [0.05, 0.1) is 4.34 Å². The molecule has 1 amide bonds. The minimum atomic E-state index is 0.283. The van der Waals surface area contributed by atoms with Crippen LogP contribution in [0.5, 0.6) is 0 Å². The number of aryl methyl sites for hydroxylation is 1. The Morgan fingerprint density at radius 1 is 1.58 bits per heavy atom. The second-order valence-electron chi connectivity index (χ2n) is 5.11. The molecule has 3 nitrogen and oxygen atoms in total. The van der Waals surface area contributed by atoms with Crippen molar-refractivity contribution in [3.8, 4) is 0 Å². The van der Waals surface area contributed by atoms with E-state index in [1.54, 1.807) is 11.3 Å². The fourth-order valence-corrected chi connectivity index (χ4v) is 3.71. The lowest BCUT2D eigenvalue weighted by atomic mass is 9.97. The Bertz CT molecular complexity index is 419. The maximum Gasteiger partial charge on any atom is 0.222 e. The van der Waals surface area contributed by atoms with Crippen LogP contribution in [0.25, 0.3) is 0 Å². The predicted octanol–water partition coefficient (Wildman–Crippen LogP) is 2.79. The van der Waals surface area contributed by atoms with Gasteiger partial charge in [-0.2, -0.15) is 0 Å². The van der Waals surface area contributed by atoms with Crippen LogP contribution in [0.2, 0.25) is 4.34 Å². The summed E-state index contributed by atoms with van der Waals surface area (Å²) in [5.41, 5.74) is 0. The maximum atomic E-state index is 12.2. The molecule has 0 saturated carbocycles. The Labute approximate surface area is 123 Å². The fraction of sp³-hybridized carbons (Fsp3) is 0.643. The van der Waals surface area contributed by atoms with Crippen LogP contribution in [0, 0.1) is 5.92 Å². The number of thiophene rings is 1. The summed E-state index contributed by atoms with van der Waals surface area (Å²) in [7, 11) is 1.97. The summed E-state index contributed by atoms with van der Waals surface area (Å²) in [6, 6.07) is 3.91. The Morgan fingerprint density at radius 3 is 3.11 bits per heavy atom. The van der Waals surface area contributed by atoms with Gasteiger partial charge in [0.25, 0.3) is 0 Å². The minimum Gasteiger partial charge on any atom is -0.342 e. The Balaban J connectivity index is 1.79. The minimum absolute atomic E-state index is 0.283. The molecule has 1 saturated heterocycles. The largest absolute Gasteiger partial charge is 0.342 e. The number of nitrogens with one attached hydrogen (secondary N) is 1. The first-order chi connectivity index (χ1) is 9.19. The molecule has 0 spiro atoms. The third-order valence-corrected chi connectivity index (χ3v) is 4.87. The van der Waals surface area contributed by atoms with Gasteiger partial charge in [0.15, 0.2) is 0 Å². The van der Waals surface area contributed by atoms with Crippen LogP contribution in [0.4, 0.5) is 0 Å². The lowest BCUT2D eigenvalue weighted by Crippen LogP contribution is -2.42. The number of hydrogen-bond acceptors (Lipinski definition) is 3. The average molecular weight is 301 g/mol. The first-order valence-electron chi connectivity index (χ1n) is 6.85. The van der Waals surface area contributed by atoms with Crippen molar-refractivity contribution in [1.82, 2.24) is 10.2 Å². The quantitative estimate of drug-likeness (QED) is 0.907. The van der Waals surface area contributed by atoms with Crippen LogP contribution >= 0.6 is 22.9 Å². The highest BCUT2D eigenvalue weighted by molar-refractivity contribution is 7.16. The summed E-state index contributed by atoms with van der Waals surface area (Å²) in [5, 5.41) is 3.21. The molecule has 1 atom stereocenters. The van der Waals surface area contributed by atoms with Crippen molar-refractivity contribution in [2.45, 2.75) is 25.7 Å². The van der Waals surface area contributed by atoms with Gasteiger partial charge in [-0.05, 0) is 50.9 Å². The van der Waals surface area contributed by atoms with E-state index in [-0.39, 0.29) is 5.91 Å². The SMILES string of the molecule is CNCC1CCCN(C(=O)CCc2ccc(Cl)s2)C1. The maximum absolute atomic E-state index is 12.2. The standard InChI is InChI=1S/C14H21ClN2OS/c1-16-9-11-3-2-8-17(10-11)14(18)7-5-12-4-6-13(15)19-12/h4,6,11,16H,2-3,5,7-10H2,1H3. The Morgan fingerprint density at radius 2 is 2.42 bits per heavy atom. The van der Waals surface area contributed by atoms with Crippen molar-refractivity contribution < 1.29 is 4.79 Å². The highest BCUT2D eigenvalue weighted by Crippen LogP contribution is 2.23. The van der Waals surface area contributed by atoms with Gasteiger partial charge in [-0.3, -0.25) is 4.79 Å². The van der Waals surface area contributed by atoms with Crippen LogP contribution < -0.4 is 5.32 Å².